The number of rotatable bonds is 2. The molecule has 2 rings (SSSR count). The Labute approximate surface area is 116 Å². The molecule has 0 aliphatic heterocycles. The Bertz CT molecular complexity index is 625. The molecule has 3 N–H and O–H groups in total. The molecule has 2 aromatic carbocycles. The van der Waals surface area contributed by atoms with Crippen molar-refractivity contribution in [3.63, 3.8) is 0 Å². The molecule has 8 heteroatoms. The maximum absolute atomic E-state index is 12.0. The lowest BCUT2D eigenvalue weighted by molar-refractivity contribution is 0.275. The van der Waals surface area contributed by atoms with Crippen LogP contribution in [0.4, 0.5) is 0 Å². The van der Waals surface area contributed by atoms with E-state index < -0.39 is 17.7 Å². The van der Waals surface area contributed by atoms with Crippen LogP contribution in [-0.2, 0) is 14.4 Å². The summed E-state index contributed by atoms with van der Waals surface area (Å²) in [6.45, 7) is 0. The van der Waals surface area contributed by atoms with Crippen LogP contribution >= 0.6 is 7.82 Å². The number of benzene rings is 2. The summed E-state index contributed by atoms with van der Waals surface area (Å²) in [6.07, 6.45) is 0. The van der Waals surface area contributed by atoms with E-state index in [1.54, 1.807) is 60.7 Å². The van der Waals surface area contributed by atoms with E-state index in [1.165, 1.54) is 0 Å². The summed E-state index contributed by atoms with van der Waals surface area (Å²) < 4.78 is 32.9. The SMILES string of the molecule is O=P(O)(O)O.O=S(=O)(c1ccccc1)c1ccccc1. The van der Waals surface area contributed by atoms with Crippen LogP contribution in [0.15, 0.2) is 70.5 Å². The topological polar surface area (TPSA) is 112 Å². The minimum Gasteiger partial charge on any atom is -0.303 e. The van der Waals surface area contributed by atoms with E-state index in [9.17, 15) is 8.42 Å². The highest BCUT2D eigenvalue weighted by atomic mass is 32.2. The first-order valence-electron chi connectivity index (χ1n) is 5.35. The van der Waals surface area contributed by atoms with Crippen molar-refractivity contribution in [1.82, 2.24) is 0 Å². The van der Waals surface area contributed by atoms with Gasteiger partial charge in [-0.15, -0.1) is 0 Å². The standard InChI is InChI=1S/C12H10O2S.H3O4P/c13-15(14,11-7-3-1-4-8-11)12-9-5-2-6-10-12;1-5(2,3)4/h1-10H;(H3,1,2,3,4). The number of sulfone groups is 1. The molecule has 108 valence electrons. The maximum Gasteiger partial charge on any atom is 0.466 e. The summed E-state index contributed by atoms with van der Waals surface area (Å²) in [4.78, 5) is 22.2. The lowest BCUT2D eigenvalue weighted by Crippen LogP contribution is -2.00. The molecule has 2 aromatic rings. The van der Waals surface area contributed by atoms with Gasteiger partial charge in [0.25, 0.3) is 0 Å². The summed E-state index contributed by atoms with van der Waals surface area (Å²) in [5, 5.41) is 0. The van der Waals surface area contributed by atoms with Crippen LogP contribution in [0, 0.1) is 0 Å². The number of phosphoric acid groups is 1. The predicted molar refractivity (Wildman–Crippen MR) is 72.6 cm³/mol. The molecule has 0 heterocycles. The highest BCUT2D eigenvalue weighted by molar-refractivity contribution is 7.91. The second kappa shape index (κ2) is 6.78. The normalized spacial score (nSPS) is 11.3. The van der Waals surface area contributed by atoms with Crippen molar-refractivity contribution in [2.24, 2.45) is 0 Å². The molecule has 0 aliphatic rings. The Kier molecular flexibility index (Phi) is 5.62. The van der Waals surface area contributed by atoms with Gasteiger partial charge in [-0.25, -0.2) is 13.0 Å². The van der Waals surface area contributed by atoms with Crippen molar-refractivity contribution in [3.05, 3.63) is 60.7 Å². The Morgan fingerprint density at radius 1 is 0.700 bits per heavy atom. The zero-order chi connectivity index (χ0) is 15.2. The Morgan fingerprint density at radius 3 is 1.20 bits per heavy atom. The first kappa shape index (κ1) is 16.6. The Morgan fingerprint density at radius 2 is 0.950 bits per heavy atom. The molecule has 6 nitrogen and oxygen atoms in total. The molecule has 0 aliphatic carbocycles. The highest BCUT2D eigenvalue weighted by Crippen LogP contribution is 2.25. The van der Waals surface area contributed by atoms with Gasteiger partial charge >= 0.3 is 7.82 Å². The van der Waals surface area contributed by atoms with Crippen molar-refractivity contribution >= 4 is 17.7 Å². The van der Waals surface area contributed by atoms with E-state index in [4.69, 9.17) is 19.2 Å². The molecule has 20 heavy (non-hydrogen) atoms. The Balaban J connectivity index is 0.000000347. The molecular weight excluding hydrogens is 303 g/mol. The molecule has 0 atom stereocenters. The average molecular weight is 316 g/mol. The molecular formula is C12H13O6PS. The van der Waals surface area contributed by atoms with Crippen molar-refractivity contribution in [2.75, 3.05) is 0 Å². The molecule has 0 fully saturated rings. The first-order chi connectivity index (χ1) is 9.21. The molecule has 0 amide bonds. The van der Waals surface area contributed by atoms with Crippen molar-refractivity contribution in [1.29, 1.82) is 0 Å². The lowest BCUT2D eigenvalue weighted by Gasteiger charge is -2.03. The third-order valence-corrected chi connectivity index (χ3v) is 3.89. The monoisotopic (exact) mass is 316 g/mol. The largest absolute Gasteiger partial charge is 0.466 e. The molecule has 0 saturated heterocycles. The van der Waals surface area contributed by atoms with Gasteiger partial charge < -0.3 is 14.7 Å². The quantitative estimate of drug-likeness (QED) is 0.725. The minimum atomic E-state index is -4.64. The van der Waals surface area contributed by atoms with E-state index in [0.29, 0.717) is 9.79 Å². The maximum atomic E-state index is 12.0. The lowest BCUT2D eigenvalue weighted by atomic mass is 10.4. The van der Waals surface area contributed by atoms with E-state index in [0.717, 1.165) is 0 Å². The zero-order valence-corrected chi connectivity index (χ0v) is 11.9. The van der Waals surface area contributed by atoms with Gasteiger partial charge in [0.15, 0.2) is 0 Å². The fourth-order valence-corrected chi connectivity index (χ4v) is 2.64. The molecule has 0 bridgehead atoms. The van der Waals surface area contributed by atoms with Gasteiger partial charge in [-0.1, -0.05) is 36.4 Å². The van der Waals surface area contributed by atoms with Crippen molar-refractivity contribution in [3.8, 4) is 0 Å². The van der Waals surface area contributed by atoms with Crippen LogP contribution in [0.3, 0.4) is 0 Å². The minimum absolute atomic E-state index is 0.330. The van der Waals surface area contributed by atoms with E-state index >= 15 is 0 Å². The summed E-state index contributed by atoms with van der Waals surface area (Å²) in [5.74, 6) is 0. The van der Waals surface area contributed by atoms with E-state index in [1.807, 2.05) is 0 Å². The second-order valence-electron chi connectivity index (χ2n) is 3.64. The molecule has 0 saturated carbocycles. The third kappa shape index (κ3) is 5.64. The van der Waals surface area contributed by atoms with Crippen LogP contribution in [0.25, 0.3) is 0 Å². The molecule has 0 unspecified atom stereocenters. The highest BCUT2D eigenvalue weighted by Gasteiger charge is 2.15. The average Bonchev–Trinajstić information content (AvgIpc) is 2.39. The van der Waals surface area contributed by atoms with E-state index in [-0.39, 0.29) is 0 Å². The van der Waals surface area contributed by atoms with Gasteiger partial charge in [0.05, 0.1) is 9.79 Å². The molecule has 0 radical (unpaired) electrons. The van der Waals surface area contributed by atoms with Gasteiger partial charge in [0, 0.05) is 0 Å². The Hall–Kier alpha value is -1.50. The van der Waals surface area contributed by atoms with Gasteiger partial charge in [-0.05, 0) is 24.3 Å². The second-order valence-corrected chi connectivity index (χ2v) is 6.62. The molecule has 0 spiro atoms. The summed E-state index contributed by atoms with van der Waals surface area (Å²) in [6, 6.07) is 16.9. The number of hydrogen-bond acceptors (Lipinski definition) is 3. The van der Waals surface area contributed by atoms with Crippen LogP contribution in [0.2, 0.25) is 0 Å². The smallest absolute Gasteiger partial charge is 0.303 e. The van der Waals surface area contributed by atoms with Crippen LogP contribution in [-0.4, -0.2) is 23.1 Å². The fraction of sp³-hybridized carbons (Fsp3) is 0. The summed E-state index contributed by atoms with van der Waals surface area (Å²) in [7, 11) is -7.98. The first-order valence-corrected chi connectivity index (χ1v) is 8.39. The van der Waals surface area contributed by atoms with Crippen LogP contribution < -0.4 is 0 Å². The van der Waals surface area contributed by atoms with Crippen LogP contribution in [0.5, 0.6) is 0 Å². The summed E-state index contributed by atoms with van der Waals surface area (Å²) >= 11 is 0. The fourth-order valence-electron chi connectivity index (χ4n) is 1.34. The third-order valence-electron chi connectivity index (χ3n) is 2.11. The van der Waals surface area contributed by atoms with Crippen LogP contribution in [0.1, 0.15) is 0 Å². The van der Waals surface area contributed by atoms with Gasteiger partial charge in [0.1, 0.15) is 0 Å². The number of hydrogen-bond donors (Lipinski definition) is 3. The molecule has 0 aromatic heterocycles. The van der Waals surface area contributed by atoms with Crippen molar-refractivity contribution in [2.45, 2.75) is 9.79 Å². The van der Waals surface area contributed by atoms with Gasteiger partial charge in [-0.2, -0.15) is 0 Å². The van der Waals surface area contributed by atoms with Gasteiger partial charge in [0.2, 0.25) is 9.84 Å². The van der Waals surface area contributed by atoms with Gasteiger partial charge in [-0.3, -0.25) is 0 Å². The summed E-state index contributed by atoms with van der Waals surface area (Å²) in [5.41, 5.74) is 0. The predicted octanol–water partition coefficient (Wildman–Crippen LogP) is 1.59. The van der Waals surface area contributed by atoms with Crippen molar-refractivity contribution < 1.29 is 27.7 Å². The van der Waals surface area contributed by atoms with E-state index in [2.05, 4.69) is 0 Å². The zero-order valence-electron chi connectivity index (χ0n) is 10.2.